The first kappa shape index (κ1) is 9.90. The number of hydrogen-bond donors (Lipinski definition) is 1. The van der Waals surface area contributed by atoms with E-state index in [1.807, 2.05) is 24.4 Å². The third-order valence-corrected chi connectivity index (χ3v) is 2.70. The van der Waals surface area contributed by atoms with E-state index in [1.54, 1.807) is 0 Å². The van der Waals surface area contributed by atoms with Gasteiger partial charge in [-0.1, -0.05) is 13.8 Å². The van der Waals surface area contributed by atoms with Gasteiger partial charge in [-0.15, -0.1) is 0 Å². The molecule has 0 saturated carbocycles. The maximum absolute atomic E-state index is 5.71. The lowest BCUT2D eigenvalue weighted by Gasteiger charge is -2.08. The molecule has 3 heteroatoms. The van der Waals surface area contributed by atoms with E-state index in [1.165, 1.54) is 0 Å². The zero-order chi connectivity index (χ0) is 10.8. The molecule has 1 aromatic carbocycles. The van der Waals surface area contributed by atoms with Gasteiger partial charge >= 0.3 is 0 Å². The average molecular weight is 201 g/mol. The Hall–Kier alpha value is -1.64. The minimum atomic E-state index is 0.448. The minimum absolute atomic E-state index is 0.448. The van der Waals surface area contributed by atoms with Crippen molar-refractivity contribution in [2.75, 3.05) is 5.73 Å². The molecule has 1 aromatic heterocycles. The molecular weight excluding hydrogens is 186 g/mol. The van der Waals surface area contributed by atoms with Crippen molar-refractivity contribution < 1.29 is 0 Å². The fraction of sp³-hybridized carbons (Fsp3) is 0.333. The first-order valence-electron chi connectivity index (χ1n) is 5.23. The van der Waals surface area contributed by atoms with E-state index in [-0.39, 0.29) is 0 Å². The molecule has 1 unspecified atom stereocenters. The summed E-state index contributed by atoms with van der Waals surface area (Å²) in [4.78, 5) is 8.94. The Kier molecular flexibility index (Phi) is 2.54. The Bertz CT molecular complexity index is 479. The number of nitrogens with zero attached hydrogens (tertiary/aromatic N) is 2. The molecule has 0 radical (unpaired) electrons. The van der Waals surface area contributed by atoms with Gasteiger partial charge in [-0.2, -0.15) is 0 Å². The van der Waals surface area contributed by atoms with Crippen LogP contribution in [0.15, 0.2) is 24.4 Å². The number of benzene rings is 1. The summed E-state index contributed by atoms with van der Waals surface area (Å²) in [6.07, 6.45) is 2.93. The molecule has 2 rings (SSSR count). The summed E-state index contributed by atoms with van der Waals surface area (Å²) in [6.45, 7) is 4.30. The Morgan fingerprint density at radius 1 is 1.33 bits per heavy atom. The molecule has 0 fully saturated rings. The third-order valence-electron chi connectivity index (χ3n) is 2.70. The normalized spacial score (nSPS) is 12.9. The van der Waals surface area contributed by atoms with Crippen molar-refractivity contribution in [1.82, 2.24) is 9.97 Å². The molecule has 0 aliphatic heterocycles. The van der Waals surface area contributed by atoms with Gasteiger partial charge in [-0.05, 0) is 30.5 Å². The standard InChI is InChI=1S/C12H15N3/c1-3-8(2)12-7-14-10-5-4-9(13)6-11(10)15-12/h4-8H,3,13H2,1-2H3. The van der Waals surface area contributed by atoms with Crippen molar-refractivity contribution in [3.8, 4) is 0 Å². The molecule has 0 aliphatic rings. The highest BCUT2D eigenvalue weighted by atomic mass is 14.8. The van der Waals surface area contributed by atoms with Gasteiger partial charge in [0.1, 0.15) is 0 Å². The zero-order valence-corrected chi connectivity index (χ0v) is 9.07. The Morgan fingerprint density at radius 2 is 2.13 bits per heavy atom. The molecule has 0 spiro atoms. The topological polar surface area (TPSA) is 51.8 Å². The molecule has 2 N–H and O–H groups in total. The fourth-order valence-electron chi connectivity index (χ4n) is 1.49. The van der Waals surface area contributed by atoms with Gasteiger partial charge in [0.05, 0.1) is 16.7 Å². The van der Waals surface area contributed by atoms with Crippen LogP contribution in [0.3, 0.4) is 0 Å². The first-order chi connectivity index (χ1) is 7.20. The number of hydrogen-bond acceptors (Lipinski definition) is 3. The summed E-state index contributed by atoms with van der Waals surface area (Å²) in [5.74, 6) is 0.448. The third kappa shape index (κ3) is 1.91. The van der Waals surface area contributed by atoms with Gasteiger partial charge in [0.25, 0.3) is 0 Å². The van der Waals surface area contributed by atoms with E-state index in [4.69, 9.17) is 5.73 Å². The van der Waals surface area contributed by atoms with E-state index >= 15 is 0 Å². The van der Waals surface area contributed by atoms with Crippen LogP contribution in [-0.2, 0) is 0 Å². The van der Waals surface area contributed by atoms with E-state index in [2.05, 4.69) is 23.8 Å². The van der Waals surface area contributed by atoms with Crippen molar-refractivity contribution in [2.24, 2.45) is 0 Å². The molecule has 0 bridgehead atoms. The van der Waals surface area contributed by atoms with Gasteiger partial charge < -0.3 is 5.73 Å². The highest BCUT2D eigenvalue weighted by Crippen LogP contribution is 2.19. The van der Waals surface area contributed by atoms with Gasteiger partial charge in [-0.25, -0.2) is 4.98 Å². The molecule has 0 amide bonds. The predicted octanol–water partition coefficient (Wildman–Crippen LogP) is 2.73. The van der Waals surface area contributed by atoms with Gasteiger partial charge in [0, 0.05) is 11.9 Å². The van der Waals surface area contributed by atoms with Crippen LogP contribution in [0.5, 0.6) is 0 Å². The second-order valence-corrected chi connectivity index (χ2v) is 3.85. The Morgan fingerprint density at radius 3 is 2.87 bits per heavy atom. The molecule has 3 nitrogen and oxygen atoms in total. The summed E-state index contributed by atoms with van der Waals surface area (Å²) < 4.78 is 0. The molecule has 0 aliphatic carbocycles. The zero-order valence-electron chi connectivity index (χ0n) is 9.07. The first-order valence-corrected chi connectivity index (χ1v) is 5.23. The van der Waals surface area contributed by atoms with Crippen LogP contribution in [0.1, 0.15) is 31.9 Å². The maximum atomic E-state index is 5.71. The predicted molar refractivity (Wildman–Crippen MR) is 62.7 cm³/mol. The number of nitrogen functional groups attached to an aromatic ring is 1. The van der Waals surface area contributed by atoms with Crippen molar-refractivity contribution >= 4 is 16.7 Å². The molecular formula is C12H15N3. The lowest BCUT2D eigenvalue weighted by Crippen LogP contribution is -1.98. The summed E-state index contributed by atoms with van der Waals surface area (Å²) in [7, 11) is 0. The second-order valence-electron chi connectivity index (χ2n) is 3.85. The molecule has 1 atom stereocenters. The number of anilines is 1. The summed E-state index contributed by atoms with van der Waals surface area (Å²) in [5, 5.41) is 0. The van der Waals surface area contributed by atoms with E-state index < -0.39 is 0 Å². The van der Waals surface area contributed by atoms with Gasteiger partial charge in [0.2, 0.25) is 0 Å². The number of nitrogens with two attached hydrogens (primary N) is 1. The molecule has 15 heavy (non-hydrogen) atoms. The van der Waals surface area contributed by atoms with E-state index in [0.717, 1.165) is 28.8 Å². The number of aromatic nitrogens is 2. The molecule has 78 valence electrons. The van der Waals surface area contributed by atoms with Crippen LogP contribution in [0.25, 0.3) is 11.0 Å². The van der Waals surface area contributed by atoms with Crippen LogP contribution in [0, 0.1) is 0 Å². The van der Waals surface area contributed by atoms with Crippen molar-refractivity contribution in [2.45, 2.75) is 26.2 Å². The van der Waals surface area contributed by atoms with Gasteiger partial charge in [-0.3, -0.25) is 4.98 Å². The lowest BCUT2D eigenvalue weighted by molar-refractivity contribution is 0.708. The molecule has 1 heterocycles. The van der Waals surface area contributed by atoms with Crippen molar-refractivity contribution in [3.05, 3.63) is 30.1 Å². The summed E-state index contributed by atoms with van der Waals surface area (Å²) in [6, 6.07) is 5.62. The van der Waals surface area contributed by atoms with E-state index in [0.29, 0.717) is 5.92 Å². The summed E-state index contributed by atoms with van der Waals surface area (Å²) >= 11 is 0. The molecule has 0 saturated heterocycles. The number of rotatable bonds is 2. The summed E-state index contributed by atoms with van der Waals surface area (Å²) in [5.41, 5.74) is 9.27. The molecule has 2 aromatic rings. The van der Waals surface area contributed by atoms with Gasteiger partial charge in [0.15, 0.2) is 0 Å². The SMILES string of the molecule is CCC(C)c1cnc2ccc(N)cc2n1. The van der Waals surface area contributed by atoms with Crippen LogP contribution < -0.4 is 5.73 Å². The van der Waals surface area contributed by atoms with Crippen LogP contribution in [-0.4, -0.2) is 9.97 Å². The largest absolute Gasteiger partial charge is 0.399 e. The van der Waals surface area contributed by atoms with Crippen molar-refractivity contribution in [1.29, 1.82) is 0 Å². The van der Waals surface area contributed by atoms with E-state index in [9.17, 15) is 0 Å². The van der Waals surface area contributed by atoms with Crippen LogP contribution in [0.4, 0.5) is 5.69 Å². The maximum Gasteiger partial charge on any atom is 0.0910 e. The Labute approximate surface area is 89.4 Å². The fourth-order valence-corrected chi connectivity index (χ4v) is 1.49. The quantitative estimate of drug-likeness (QED) is 0.760. The average Bonchev–Trinajstić information content (AvgIpc) is 2.27. The lowest BCUT2D eigenvalue weighted by atomic mass is 10.1. The van der Waals surface area contributed by atoms with Crippen LogP contribution >= 0.6 is 0 Å². The smallest absolute Gasteiger partial charge is 0.0910 e. The monoisotopic (exact) mass is 201 g/mol. The minimum Gasteiger partial charge on any atom is -0.399 e. The highest BCUT2D eigenvalue weighted by molar-refractivity contribution is 5.77. The second kappa shape index (κ2) is 3.85. The Balaban J connectivity index is 2.54. The highest BCUT2D eigenvalue weighted by Gasteiger charge is 2.06. The van der Waals surface area contributed by atoms with Crippen molar-refractivity contribution in [3.63, 3.8) is 0 Å². The van der Waals surface area contributed by atoms with Crippen LogP contribution in [0.2, 0.25) is 0 Å². The number of fused-ring (bicyclic) bond motifs is 1.